The summed E-state index contributed by atoms with van der Waals surface area (Å²) in [6, 6.07) is 5.60. The van der Waals surface area contributed by atoms with Crippen LogP contribution in [0.4, 0.5) is 0 Å². The average molecular weight is 213 g/mol. The van der Waals surface area contributed by atoms with Crippen molar-refractivity contribution in [2.24, 2.45) is 0 Å². The zero-order valence-electron chi connectivity index (χ0n) is 7.76. The molecule has 1 aliphatic heterocycles. The second-order valence-corrected chi connectivity index (χ2v) is 3.80. The fourth-order valence-corrected chi connectivity index (χ4v) is 1.87. The number of phenolic OH excluding ortho intramolecular Hbond substituents is 1. The molecule has 0 aromatic heterocycles. The molecule has 1 heterocycles. The second kappa shape index (κ2) is 4.17. The summed E-state index contributed by atoms with van der Waals surface area (Å²) >= 11 is 5.83. The van der Waals surface area contributed by atoms with E-state index in [1.807, 2.05) is 12.1 Å². The van der Waals surface area contributed by atoms with Crippen molar-refractivity contribution in [3.05, 3.63) is 28.8 Å². The molecule has 1 fully saturated rings. The van der Waals surface area contributed by atoms with Gasteiger partial charge < -0.3 is 15.7 Å². The molecule has 1 aromatic carbocycles. The highest BCUT2D eigenvalue weighted by Crippen LogP contribution is 2.31. The van der Waals surface area contributed by atoms with Crippen LogP contribution in [0.1, 0.15) is 11.6 Å². The summed E-state index contributed by atoms with van der Waals surface area (Å²) in [5.74, 6) is 0.190. The zero-order valence-corrected chi connectivity index (χ0v) is 8.51. The summed E-state index contributed by atoms with van der Waals surface area (Å²) in [7, 11) is 0. The van der Waals surface area contributed by atoms with Crippen molar-refractivity contribution >= 4 is 11.6 Å². The number of halogens is 1. The lowest BCUT2D eigenvalue weighted by Crippen LogP contribution is -2.42. The Morgan fingerprint density at radius 2 is 2.21 bits per heavy atom. The molecule has 3 N–H and O–H groups in total. The molecule has 4 heteroatoms. The summed E-state index contributed by atoms with van der Waals surface area (Å²) < 4.78 is 0. The Labute approximate surface area is 88.1 Å². The molecule has 0 radical (unpaired) electrons. The number of benzene rings is 1. The Hall–Kier alpha value is -0.770. The van der Waals surface area contributed by atoms with E-state index in [0.717, 1.165) is 25.2 Å². The van der Waals surface area contributed by atoms with Crippen LogP contribution in [0.25, 0.3) is 0 Å². The molecule has 14 heavy (non-hydrogen) atoms. The van der Waals surface area contributed by atoms with E-state index >= 15 is 0 Å². The van der Waals surface area contributed by atoms with Gasteiger partial charge in [-0.3, -0.25) is 0 Å². The summed E-state index contributed by atoms with van der Waals surface area (Å²) in [5.41, 5.74) is 0.865. The van der Waals surface area contributed by atoms with Crippen molar-refractivity contribution in [3.8, 4) is 5.75 Å². The van der Waals surface area contributed by atoms with Gasteiger partial charge in [-0.05, 0) is 6.07 Å². The van der Waals surface area contributed by atoms with E-state index in [9.17, 15) is 5.11 Å². The molecule has 76 valence electrons. The van der Waals surface area contributed by atoms with Crippen LogP contribution in [0.15, 0.2) is 18.2 Å². The molecule has 0 aliphatic carbocycles. The number of hydrogen-bond donors (Lipinski definition) is 3. The number of hydrogen-bond acceptors (Lipinski definition) is 3. The maximum atomic E-state index is 9.75. The Morgan fingerprint density at radius 3 is 2.93 bits per heavy atom. The fourth-order valence-electron chi connectivity index (χ4n) is 1.69. The van der Waals surface area contributed by atoms with Crippen LogP contribution in [0.3, 0.4) is 0 Å². The van der Waals surface area contributed by atoms with Gasteiger partial charge in [-0.2, -0.15) is 0 Å². The summed E-state index contributed by atoms with van der Waals surface area (Å²) in [5, 5.41) is 16.7. The molecule has 0 amide bonds. The second-order valence-electron chi connectivity index (χ2n) is 3.39. The van der Waals surface area contributed by atoms with Crippen molar-refractivity contribution < 1.29 is 5.11 Å². The van der Waals surface area contributed by atoms with Crippen LogP contribution >= 0.6 is 11.6 Å². The molecule has 0 saturated carbocycles. The van der Waals surface area contributed by atoms with Gasteiger partial charge in [0.2, 0.25) is 0 Å². The third-order valence-corrected chi connectivity index (χ3v) is 2.74. The molecule has 1 aliphatic rings. The van der Waals surface area contributed by atoms with Gasteiger partial charge in [-0.25, -0.2) is 0 Å². The van der Waals surface area contributed by atoms with Crippen LogP contribution < -0.4 is 10.6 Å². The first-order chi connectivity index (χ1) is 6.79. The number of aromatic hydroxyl groups is 1. The molecule has 2 rings (SSSR count). The molecule has 1 aromatic rings. The van der Waals surface area contributed by atoms with Gasteiger partial charge in [0.05, 0.1) is 5.02 Å². The summed E-state index contributed by atoms with van der Waals surface area (Å²) in [6.45, 7) is 2.71. The van der Waals surface area contributed by atoms with E-state index in [2.05, 4.69) is 10.6 Å². The molecule has 3 nitrogen and oxygen atoms in total. The van der Waals surface area contributed by atoms with Crippen LogP contribution in [0, 0.1) is 0 Å². The third kappa shape index (κ3) is 1.85. The van der Waals surface area contributed by atoms with Crippen LogP contribution in [-0.4, -0.2) is 24.7 Å². The van der Waals surface area contributed by atoms with Gasteiger partial charge in [0.15, 0.2) is 0 Å². The predicted molar refractivity (Wildman–Crippen MR) is 56.7 cm³/mol. The standard InChI is InChI=1S/C10H13ClN2O/c11-8-3-1-2-7(10(8)14)9-6-12-4-5-13-9/h1-3,9,12-14H,4-6H2/t9-/m1/s1. The minimum atomic E-state index is 0.155. The quantitative estimate of drug-likeness (QED) is 0.657. The van der Waals surface area contributed by atoms with Crippen molar-refractivity contribution in [3.63, 3.8) is 0 Å². The number of para-hydroxylation sites is 1. The highest BCUT2D eigenvalue weighted by Gasteiger charge is 2.18. The summed E-state index contributed by atoms with van der Waals surface area (Å²) in [4.78, 5) is 0. The molecular weight excluding hydrogens is 200 g/mol. The first kappa shape index (κ1) is 9.77. The minimum absolute atomic E-state index is 0.155. The van der Waals surface area contributed by atoms with Gasteiger partial charge in [0.1, 0.15) is 5.75 Å². The van der Waals surface area contributed by atoms with Crippen LogP contribution in [0.2, 0.25) is 5.02 Å². The molecule has 1 atom stereocenters. The predicted octanol–water partition coefficient (Wildman–Crippen LogP) is 1.28. The lowest BCUT2D eigenvalue weighted by atomic mass is 10.0. The van der Waals surface area contributed by atoms with Gasteiger partial charge in [-0.15, -0.1) is 0 Å². The Morgan fingerprint density at radius 1 is 1.36 bits per heavy atom. The monoisotopic (exact) mass is 212 g/mol. The normalized spacial score (nSPS) is 22.2. The van der Waals surface area contributed by atoms with Crippen molar-refractivity contribution in [2.75, 3.05) is 19.6 Å². The van der Waals surface area contributed by atoms with Crippen molar-refractivity contribution in [2.45, 2.75) is 6.04 Å². The Balaban J connectivity index is 2.26. The lowest BCUT2D eigenvalue weighted by Gasteiger charge is -2.25. The minimum Gasteiger partial charge on any atom is -0.506 e. The zero-order chi connectivity index (χ0) is 9.97. The van der Waals surface area contributed by atoms with E-state index in [4.69, 9.17) is 11.6 Å². The molecule has 1 saturated heterocycles. The maximum Gasteiger partial charge on any atom is 0.138 e. The highest BCUT2D eigenvalue weighted by atomic mass is 35.5. The third-order valence-electron chi connectivity index (χ3n) is 2.43. The summed E-state index contributed by atoms with van der Waals surface area (Å²) in [6.07, 6.45) is 0. The van der Waals surface area contributed by atoms with E-state index in [-0.39, 0.29) is 11.8 Å². The van der Waals surface area contributed by atoms with E-state index in [0.29, 0.717) is 5.02 Å². The lowest BCUT2D eigenvalue weighted by molar-refractivity contribution is 0.404. The average Bonchev–Trinajstić information content (AvgIpc) is 2.23. The smallest absolute Gasteiger partial charge is 0.138 e. The van der Waals surface area contributed by atoms with Gasteiger partial charge in [-0.1, -0.05) is 23.7 Å². The van der Waals surface area contributed by atoms with Gasteiger partial charge in [0, 0.05) is 31.2 Å². The molecular formula is C10H13ClN2O. The van der Waals surface area contributed by atoms with Crippen molar-refractivity contribution in [1.82, 2.24) is 10.6 Å². The molecule has 0 spiro atoms. The van der Waals surface area contributed by atoms with Gasteiger partial charge >= 0.3 is 0 Å². The van der Waals surface area contributed by atoms with E-state index in [1.165, 1.54) is 0 Å². The van der Waals surface area contributed by atoms with Gasteiger partial charge in [0.25, 0.3) is 0 Å². The SMILES string of the molecule is Oc1c(Cl)cccc1[C@H]1CNCCN1. The molecule has 0 bridgehead atoms. The van der Waals surface area contributed by atoms with Crippen molar-refractivity contribution in [1.29, 1.82) is 0 Å². The highest BCUT2D eigenvalue weighted by molar-refractivity contribution is 6.32. The Bertz CT molecular complexity index is 324. The Kier molecular flexibility index (Phi) is 2.91. The molecule has 0 unspecified atom stereocenters. The maximum absolute atomic E-state index is 9.75. The van der Waals surface area contributed by atoms with Crippen LogP contribution in [-0.2, 0) is 0 Å². The number of rotatable bonds is 1. The van der Waals surface area contributed by atoms with E-state index < -0.39 is 0 Å². The number of piperazine rings is 1. The largest absolute Gasteiger partial charge is 0.506 e. The van der Waals surface area contributed by atoms with E-state index in [1.54, 1.807) is 6.07 Å². The fraction of sp³-hybridized carbons (Fsp3) is 0.400. The topological polar surface area (TPSA) is 44.3 Å². The number of phenols is 1. The number of nitrogens with one attached hydrogen (secondary N) is 2. The first-order valence-corrected chi connectivity index (χ1v) is 5.08. The first-order valence-electron chi connectivity index (χ1n) is 4.70. The van der Waals surface area contributed by atoms with Crippen LogP contribution in [0.5, 0.6) is 5.75 Å².